The number of furan rings is 1. The van der Waals surface area contributed by atoms with Crippen molar-refractivity contribution in [1.29, 1.82) is 0 Å². The van der Waals surface area contributed by atoms with Gasteiger partial charge in [-0.2, -0.15) is 0 Å². The first kappa shape index (κ1) is 26.0. The summed E-state index contributed by atoms with van der Waals surface area (Å²) >= 11 is 0. The summed E-state index contributed by atoms with van der Waals surface area (Å²) in [5.41, 5.74) is 9.29. The summed E-state index contributed by atoms with van der Waals surface area (Å²) in [6, 6.07) is 52.3. The van der Waals surface area contributed by atoms with Crippen LogP contribution in [0.15, 0.2) is 161 Å². The maximum absolute atomic E-state index is 6.24. The summed E-state index contributed by atoms with van der Waals surface area (Å²) < 4.78 is 6.24. The number of para-hydroxylation sites is 1. The number of rotatable bonds is 6. The molecular formula is C39H30N4O. The number of hydrogen-bond acceptors (Lipinski definition) is 5. The third-order valence-corrected chi connectivity index (χ3v) is 8.15. The van der Waals surface area contributed by atoms with E-state index >= 15 is 0 Å². The molecule has 0 saturated heterocycles. The van der Waals surface area contributed by atoms with Crippen LogP contribution in [0.3, 0.4) is 0 Å². The van der Waals surface area contributed by atoms with E-state index in [1.165, 1.54) is 0 Å². The summed E-state index contributed by atoms with van der Waals surface area (Å²) in [7, 11) is 0. The van der Waals surface area contributed by atoms with E-state index in [-0.39, 0.29) is 12.3 Å². The third kappa shape index (κ3) is 5.00. The normalized spacial score (nSPS) is 16.4. The fourth-order valence-corrected chi connectivity index (χ4v) is 5.93. The van der Waals surface area contributed by atoms with Crippen LogP contribution in [0.1, 0.15) is 29.0 Å². The Labute approximate surface area is 255 Å². The Morgan fingerprint density at radius 2 is 1.23 bits per heavy atom. The van der Waals surface area contributed by atoms with Crippen molar-refractivity contribution in [3.63, 3.8) is 0 Å². The second-order valence-corrected chi connectivity index (χ2v) is 11.0. The van der Waals surface area contributed by atoms with Crippen molar-refractivity contribution in [2.75, 3.05) is 5.32 Å². The lowest BCUT2D eigenvalue weighted by Crippen LogP contribution is -2.44. The van der Waals surface area contributed by atoms with Gasteiger partial charge in [-0.05, 0) is 53.1 Å². The van der Waals surface area contributed by atoms with Gasteiger partial charge in [0.2, 0.25) is 0 Å². The van der Waals surface area contributed by atoms with Crippen LogP contribution in [0.25, 0.3) is 33.1 Å². The quantitative estimate of drug-likeness (QED) is 0.186. The average molecular weight is 571 g/mol. The van der Waals surface area contributed by atoms with E-state index in [0.717, 1.165) is 67.0 Å². The minimum Gasteiger partial charge on any atom is -0.456 e. The highest BCUT2D eigenvalue weighted by molar-refractivity contribution is 6.08. The maximum atomic E-state index is 6.24. The SMILES string of the molecule is c1ccc(-c2cc3c(cc2Nc2ccc(C4=NC(c5ccccc5)NC(c5ccccc5)N4)cc2)oc2ccccc23)cc1. The predicted octanol–water partition coefficient (Wildman–Crippen LogP) is 9.33. The van der Waals surface area contributed by atoms with Crippen molar-refractivity contribution in [3.8, 4) is 11.1 Å². The summed E-state index contributed by atoms with van der Waals surface area (Å²) in [6.07, 6.45) is -0.241. The minimum atomic E-state index is -0.167. The van der Waals surface area contributed by atoms with E-state index in [4.69, 9.17) is 9.41 Å². The zero-order chi connectivity index (χ0) is 29.3. The summed E-state index contributed by atoms with van der Waals surface area (Å²) in [5.74, 6) is 0.853. The zero-order valence-corrected chi connectivity index (χ0v) is 23.9. The largest absolute Gasteiger partial charge is 0.456 e. The first-order valence-corrected chi connectivity index (χ1v) is 14.9. The van der Waals surface area contributed by atoms with Gasteiger partial charge >= 0.3 is 0 Å². The van der Waals surface area contributed by atoms with E-state index in [0.29, 0.717) is 0 Å². The molecule has 2 heterocycles. The van der Waals surface area contributed by atoms with Crippen LogP contribution in [0, 0.1) is 0 Å². The van der Waals surface area contributed by atoms with Gasteiger partial charge in [-0.25, -0.2) is 4.99 Å². The number of fused-ring (bicyclic) bond motifs is 3. The summed E-state index contributed by atoms with van der Waals surface area (Å²) in [4.78, 5) is 5.08. The van der Waals surface area contributed by atoms with Crippen LogP contribution in [0.4, 0.5) is 11.4 Å². The molecule has 0 saturated carbocycles. The third-order valence-electron chi connectivity index (χ3n) is 8.15. The molecule has 1 aromatic heterocycles. The van der Waals surface area contributed by atoms with Gasteiger partial charge in [-0.1, -0.05) is 109 Å². The fourth-order valence-electron chi connectivity index (χ4n) is 5.93. The van der Waals surface area contributed by atoms with Gasteiger partial charge in [0.05, 0.1) is 5.69 Å². The molecule has 44 heavy (non-hydrogen) atoms. The lowest BCUT2D eigenvalue weighted by atomic mass is 10.00. The molecule has 0 amide bonds. The number of anilines is 2. The predicted molar refractivity (Wildman–Crippen MR) is 180 cm³/mol. The Hall–Kier alpha value is -5.65. The first-order chi connectivity index (χ1) is 21.8. The summed E-state index contributed by atoms with van der Waals surface area (Å²) in [6.45, 7) is 0. The van der Waals surface area contributed by atoms with Gasteiger partial charge in [0.25, 0.3) is 0 Å². The molecule has 5 nitrogen and oxygen atoms in total. The van der Waals surface area contributed by atoms with E-state index < -0.39 is 0 Å². The molecule has 1 aliphatic rings. The van der Waals surface area contributed by atoms with E-state index in [1.807, 2.05) is 30.3 Å². The zero-order valence-electron chi connectivity index (χ0n) is 23.9. The van der Waals surface area contributed by atoms with Crippen LogP contribution in [0.5, 0.6) is 0 Å². The van der Waals surface area contributed by atoms with Crippen molar-refractivity contribution in [2.45, 2.75) is 12.3 Å². The smallest absolute Gasteiger partial charge is 0.137 e. The number of hydrogen-bond donors (Lipinski definition) is 3. The molecule has 5 heteroatoms. The van der Waals surface area contributed by atoms with Gasteiger partial charge in [0, 0.05) is 33.7 Å². The highest BCUT2D eigenvalue weighted by Gasteiger charge is 2.25. The van der Waals surface area contributed by atoms with Crippen LogP contribution in [-0.2, 0) is 0 Å². The second kappa shape index (κ2) is 11.2. The molecule has 7 aromatic rings. The monoisotopic (exact) mass is 570 g/mol. The molecule has 212 valence electrons. The van der Waals surface area contributed by atoms with Crippen LogP contribution < -0.4 is 16.0 Å². The Morgan fingerprint density at radius 1 is 0.568 bits per heavy atom. The van der Waals surface area contributed by atoms with Crippen LogP contribution in [0.2, 0.25) is 0 Å². The van der Waals surface area contributed by atoms with Crippen molar-refractivity contribution in [1.82, 2.24) is 10.6 Å². The van der Waals surface area contributed by atoms with E-state index in [1.54, 1.807) is 0 Å². The second-order valence-electron chi connectivity index (χ2n) is 11.0. The number of nitrogens with zero attached hydrogens (tertiary/aromatic N) is 1. The number of nitrogens with one attached hydrogen (secondary N) is 3. The molecule has 1 aliphatic heterocycles. The van der Waals surface area contributed by atoms with Gasteiger partial charge in [0.1, 0.15) is 29.3 Å². The highest BCUT2D eigenvalue weighted by atomic mass is 16.3. The average Bonchev–Trinajstić information content (AvgIpc) is 3.46. The number of benzene rings is 6. The van der Waals surface area contributed by atoms with Crippen LogP contribution in [-0.4, -0.2) is 5.84 Å². The van der Waals surface area contributed by atoms with Gasteiger partial charge in [-0.15, -0.1) is 0 Å². The lowest BCUT2D eigenvalue weighted by molar-refractivity contribution is 0.409. The number of amidine groups is 1. The van der Waals surface area contributed by atoms with Crippen molar-refractivity contribution in [2.24, 2.45) is 4.99 Å². The highest BCUT2D eigenvalue weighted by Crippen LogP contribution is 2.38. The van der Waals surface area contributed by atoms with Gasteiger partial charge in [-0.3, -0.25) is 5.32 Å². The molecule has 3 N–H and O–H groups in total. The minimum absolute atomic E-state index is 0.0734. The topological polar surface area (TPSA) is 61.6 Å². The molecular weight excluding hydrogens is 540 g/mol. The maximum Gasteiger partial charge on any atom is 0.137 e. The molecule has 0 bridgehead atoms. The van der Waals surface area contributed by atoms with Crippen LogP contribution >= 0.6 is 0 Å². The fraction of sp³-hybridized carbons (Fsp3) is 0.0513. The summed E-state index contributed by atoms with van der Waals surface area (Å²) in [5, 5.41) is 13.2. The Balaban J connectivity index is 1.14. The first-order valence-electron chi connectivity index (χ1n) is 14.9. The Kier molecular flexibility index (Phi) is 6.63. The van der Waals surface area contributed by atoms with E-state index in [2.05, 4.69) is 137 Å². The van der Waals surface area contributed by atoms with Crippen molar-refractivity contribution >= 4 is 39.1 Å². The molecule has 0 radical (unpaired) electrons. The van der Waals surface area contributed by atoms with Crippen molar-refractivity contribution < 1.29 is 4.42 Å². The lowest BCUT2D eigenvalue weighted by Gasteiger charge is -2.32. The molecule has 0 aliphatic carbocycles. The molecule has 2 unspecified atom stereocenters. The molecule has 6 aromatic carbocycles. The Morgan fingerprint density at radius 3 is 1.98 bits per heavy atom. The van der Waals surface area contributed by atoms with E-state index in [9.17, 15) is 0 Å². The molecule has 0 fully saturated rings. The molecule has 0 spiro atoms. The standard InChI is InChI=1S/C39H30N4O/c1-4-12-26(13-5-1)32-24-33-31-18-10-11-19-35(31)44-36(33)25-34(32)40-30-22-20-29(21-23-30)39-42-37(27-14-6-2-7-15-27)41-38(43-39)28-16-8-3-9-17-28/h1-25,37-38,40-41H,(H,42,43). The molecule has 2 atom stereocenters. The van der Waals surface area contributed by atoms with Crippen molar-refractivity contribution in [3.05, 3.63) is 168 Å². The molecule has 8 rings (SSSR count). The van der Waals surface area contributed by atoms with Gasteiger partial charge in [0.15, 0.2) is 0 Å². The number of aliphatic imine (C=N–C) groups is 1. The van der Waals surface area contributed by atoms with Gasteiger partial charge < -0.3 is 15.1 Å². The Bertz CT molecular complexity index is 2090.